The molecule has 0 saturated carbocycles. The van der Waals surface area contributed by atoms with Gasteiger partial charge in [-0.1, -0.05) is 52.4 Å². The number of fused-ring (bicyclic) bond motifs is 6. The van der Waals surface area contributed by atoms with Crippen molar-refractivity contribution in [3.63, 3.8) is 0 Å². The molecule has 0 N–H and O–H groups in total. The van der Waals surface area contributed by atoms with Gasteiger partial charge in [-0.3, -0.25) is 9.59 Å². The van der Waals surface area contributed by atoms with Crippen molar-refractivity contribution in [1.29, 1.82) is 0 Å². The summed E-state index contributed by atoms with van der Waals surface area (Å²) in [5.74, 6) is -1.48. The van der Waals surface area contributed by atoms with Crippen molar-refractivity contribution in [2.45, 2.75) is 78.1 Å². The number of thiophene rings is 2. The topological polar surface area (TPSA) is 34.1 Å². The second-order valence-electron chi connectivity index (χ2n) is 9.32. The molecule has 0 spiro atoms. The van der Waals surface area contributed by atoms with Gasteiger partial charge in [-0.25, -0.2) is 8.78 Å². The van der Waals surface area contributed by atoms with E-state index in [1.54, 1.807) is 12.1 Å². The van der Waals surface area contributed by atoms with Crippen molar-refractivity contribution in [1.82, 2.24) is 0 Å². The molecule has 0 aliphatic heterocycles. The molecule has 5 rings (SSSR count). The maximum absolute atomic E-state index is 15.8. The molecular weight excluding hydrogens is 470 g/mol. The van der Waals surface area contributed by atoms with Crippen molar-refractivity contribution in [2.24, 2.45) is 0 Å². The third-order valence-electron chi connectivity index (χ3n) is 6.90. The first-order chi connectivity index (χ1) is 16.5. The van der Waals surface area contributed by atoms with Gasteiger partial charge in [-0.2, -0.15) is 0 Å². The van der Waals surface area contributed by atoms with Gasteiger partial charge < -0.3 is 0 Å². The molecule has 0 radical (unpaired) electrons. The molecule has 2 nitrogen and oxygen atoms in total. The van der Waals surface area contributed by atoms with Crippen molar-refractivity contribution in [3.05, 3.63) is 54.0 Å². The average Bonchev–Trinajstić information content (AvgIpc) is 3.54. The van der Waals surface area contributed by atoms with Crippen molar-refractivity contribution >= 4 is 64.4 Å². The van der Waals surface area contributed by atoms with Crippen LogP contribution in [0.5, 0.6) is 0 Å². The van der Waals surface area contributed by atoms with Crippen molar-refractivity contribution in [3.8, 4) is 0 Å². The van der Waals surface area contributed by atoms with Crippen LogP contribution < -0.4 is 10.9 Å². The molecule has 34 heavy (non-hydrogen) atoms. The van der Waals surface area contributed by atoms with Gasteiger partial charge in [0.1, 0.15) is 11.6 Å². The van der Waals surface area contributed by atoms with E-state index in [9.17, 15) is 9.59 Å². The minimum atomic E-state index is -0.740. The van der Waals surface area contributed by atoms with Crippen LogP contribution in [0.25, 0.3) is 41.7 Å². The summed E-state index contributed by atoms with van der Waals surface area (Å²) in [6.45, 7) is 4.31. The summed E-state index contributed by atoms with van der Waals surface area (Å²) < 4.78 is 32.6. The van der Waals surface area contributed by atoms with Crippen LogP contribution in [-0.2, 0) is 12.8 Å². The Bertz CT molecular complexity index is 1480. The predicted molar refractivity (Wildman–Crippen MR) is 143 cm³/mol. The highest BCUT2D eigenvalue weighted by Gasteiger charge is 2.28. The third-order valence-corrected chi connectivity index (χ3v) is 9.32. The van der Waals surface area contributed by atoms with Gasteiger partial charge in [-0.05, 0) is 37.8 Å². The highest BCUT2D eigenvalue weighted by Crippen LogP contribution is 2.42. The minimum absolute atomic E-state index is 0.00986. The van der Waals surface area contributed by atoms with Crippen LogP contribution in [0.1, 0.15) is 75.0 Å². The number of unbranched alkanes of at least 4 members (excludes halogenated alkanes) is 6. The fourth-order valence-electron chi connectivity index (χ4n) is 5.10. The van der Waals surface area contributed by atoms with E-state index >= 15 is 8.78 Å². The molecule has 2 aromatic heterocycles. The maximum Gasteiger partial charge on any atom is 0.198 e. The van der Waals surface area contributed by atoms with Gasteiger partial charge in [0.25, 0.3) is 0 Å². The first-order valence-corrected chi connectivity index (χ1v) is 14.0. The summed E-state index contributed by atoms with van der Waals surface area (Å²) in [4.78, 5) is 28.4. The number of halogens is 2. The zero-order valence-corrected chi connectivity index (χ0v) is 21.2. The standard InChI is InChI=1S/C28H28F2O2S2/c1-3-5-7-9-11-15-13-17-25(31)19-21(27(17)33-15)23(29)20-22(24(19)30)28-18(26(20)32)14-16(34-28)12-10-8-6-4-2/h13-14H,3-12H2,1-2H3. The van der Waals surface area contributed by atoms with E-state index in [1.165, 1.54) is 22.7 Å². The Morgan fingerprint density at radius 2 is 1.03 bits per heavy atom. The van der Waals surface area contributed by atoms with E-state index in [-0.39, 0.29) is 21.5 Å². The summed E-state index contributed by atoms with van der Waals surface area (Å²) in [7, 11) is 0. The lowest BCUT2D eigenvalue weighted by molar-refractivity contribution is 0.636. The molecule has 0 amide bonds. The molecule has 0 bridgehead atoms. The molecule has 0 atom stereocenters. The normalized spacial score (nSPS) is 12.4. The summed E-state index contributed by atoms with van der Waals surface area (Å²) in [5.41, 5.74) is -0.921. The fourth-order valence-corrected chi connectivity index (χ4v) is 7.58. The number of benzene rings is 1. The number of hydrogen-bond acceptors (Lipinski definition) is 4. The largest absolute Gasteiger partial charge is 0.288 e. The lowest BCUT2D eigenvalue weighted by Crippen LogP contribution is -2.01. The van der Waals surface area contributed by atoms with Gasteiger partial charge in [-0.15, -0.1) is 22.7 Å². The highest BCUT2D eigenvalue weighted by atomic mass is 32.1. The average molecular weight is 499 g/mol. The summed E-state index contributed by atoms with van der Waals surface area (Å²) in [6.07, 6.45) is 10.5. The Balaban J connectivity index is 1.64. The van der Waals surface area contributed by atoms with Crippen LogP contribution in [0.2, 0.25) is 0 Å². The smallest absolute Gasteiger partial charge is 0.198 e. The molecule has 178 valence electrons. The quantitative estimate of drug-likeness (QED) is 0.181. The molecule has 0 fully saturated rings. The molecule has 6 heteroatoms. The SMILES string of the molecule is CCCCCCc1cc2c(=O)c3c(F)c4c(c(F)c3c2s1)c(=O)c1cc(CCCCCC)sc14. The van der Waals surface area contributed by atoms with E-state index in [1.807, 2.05) is 0 Å². The zero-order valence-electron chi connectivity index (χ0n) is 19.6. The second-order valence-corrected chi connectivity index (χ2v) is 11.6. The van der Waals surface area contributed by atoms with Crippen LogP contribution in [0.3, 0.4) is 0 Å². The maximum atomic E-state index is 15.8. The molecule has 3 aromatic carbocycles. The first kappa shape index (κ1) is 23.6. The Morgan fingerprint density at radius 3 is 1.41 bits per heavy atom. The molecule has 2 heterocycles. The van der Waals surface area contributed by atoms with Crippen LogP contribution in [-0.4, -0.2) is 0 Å². The Labute approximate surface area is 204 Å². The molecule has 0 aliphatic carbocycles. The molecule has 0 saturated heterocycles. The summed E-state index contributed by atoms with van der Waals surface area (Å²) in [5, 5.41) is 0.334. The van der Waals surface area contributed by atoms with Gasteiger partial charge in [0.15, 0.2) is 10.9 Å². The van der Waals surface area contributed by atoms with Crippen molar-refractivity contribution in [2.75, 3.05) is 0 Å². The van der Waals surface area contributed by atoms with E-state index < -0.39 is 22.5 Å². The van der Waals surface area contributed by atoms with Crippen LogP contribution in [0.15, 0.2) is 21.7 Å². The third kappa shape index (κ3) is 3.70. The Morgan fingerprint density at radius 1 is 0.618 bits per heavy atom. The zero-order chi connectivity index (χ0) is 24.0. The van der Waals surface area contributed by atoms with Crippen LogP contribution in [0, 0.1) is 11.6 Å². The van der Waals surface area contributed by atoms with Crippen molar-refractivity contribution < 1.29 is 8.78 Å². The second kappa shape index (κ2) is 9.46. The van der Waals surface area contributed by atoms with E-state index in [4.69, 9.17) is 0 Å². The first-order valence-electron chi connectivity index (χ1n) is 12.4. The summed E-state index contributed by atoms with van der Waals surface area (Å²) >= 11 is 2.72. The molecule has 0 aliphatic rings. The van der Waals surface area contributed by atoms with E-state index in [0.717, 1.165) is 74.0 Å². The van der Waals surface area contributed by atoms with E-state index in [2.05, 4.69) is 13.8 Å². The Kier molecular flexibility index (Phi) is 6.56. The highest BCUT2D eigenvalue weighted by molar-refractivity contribution is 7.20. The monoisotopic (exact) mass is 498 g/mol. The van der Waals surface area contributed by atoms with Crippen LogP contribution in [0.4, 0.5) is 8.78 Å². The lowest BCUT2D eigenvalue weighted by atomic mass is 10.1. The Hall–Kier alpha value is -2.18. The number of aryl methyl sites for hydroxylation is 2. The van der Waals surface area contributed by atoms with Gasteiger partial charge in [0.2, 0.25) is 0 Å². The fraction of sp³-hybridized carbons (Fsp3) is 0.429. The number of hydrogen-bond donors (Lipinski definition) is 0. The molecular formula is C28H28F2O2S2. The van der Waals surface area contributed by atoms with Crippen LogP contribution >= 0.6 is 22.7 Å². The molecule has 5 aromatic rings. The lowest BCUT2D eigenvalue weighted by Gasteiger charge is -2.01. The molecule has 0 unspecified atom stereocenters. The summed E-state index contributed by atoms with van der Waals surface area (Å²) in [6, 6.07) is 3.59. The predicted octanol–water partition coefficient (Wildman–Crippen LogP) is 8.54. The van der Waals surface area contributed by atoms with Gasteiger partial charge in [0.05, 0.1) is 10.8 Å². The minimum Gasteiger partial charge on any atom is -0.288 e. The van der Waals surface area contributed by atoms with Gasteiger partial charge >= 0.3 is 0 Å². The van der Waals surface area contributed by atoms with E-state index in [0.29, 0.717) is 20.2 Å². The van der Waals surface area contributed by atoms with Gasteiger partial charge in [0, 0.05) is 40.7 Å². The number of rotatable bonds is 10.